The van der Waals surface area contributed by atoms with Gasteiger partial charge in [0.1, 0.15) is 0 Å². The zero-order chi connectivity index (χ0) is 11.8. The molecule has 88 valence electrons. The Balaban J connectivity index is 1.84. The number of nitrogens with zero attached hydrogens (tertiary/aromatic N) is 2. The number of hydrogen-bond acceptors (Lipinski definition) is 2. The molecular weight excluding hydrogens is 208 g/mol. The molecule has 2 nitrogen and oxygen atoms in total. The van der Waals surface area contributed by atoms with E-state index in [1.165, 1.54) is 31.2 Å². The van der Waals surface area contributed by atoms with Crippen LogP contribution >= 0.6 is 0 Å². The standard InChI is InChI=1S/C15H18N2/c1-17-14-5-6-15(17)9-13(8-14)12-4-2-3-11(7-12)10-16/h2-4,7,13-15H,5-6,8-9H2,1H3/t13-,14+,15-. The van der Waals surface area contributed by atoms with Crippen LogP contribution in [0.3, 0.4) is 0 Å². The van der Waals surface area contributed by atoms with Gasteiger partial charge in [-0.05, 0) is 56.3 Å². The molecule has 2 fully saturated rings. The fourth-order valence-electron chi connectivity index (χ4n) is 3.55. The minimum Gasteiger partial charge on any atom is -0.300 e. The van der Waals surface area contributed by atoms with E-state index in [1.807, 2.05) is 12.1 Å². The average Bonchev–Trinajstić information content (AvgIpc) is 2.61. The van der Waals surface area contributed by atoms with Crippen molar-refractivity contribution >= 4 is 0 Å². The third-order valence-electron chi connectivity index (χ3n) is 4.59. The van der Waals surface area contributed by atoms with E-state index in [1.54, 1.807) is 0 Å². The predicted octanol–water partition coefficient (Wildman–Crippen LogP) is 2.90. The van der Waals surface area contributed by atoms with Gasteiger partial charge in [-0.3, -0.25) is 0 Å². The molecule has 2 bridgehead atoms. The van der Waals surface area contributed by atoms with Gasteiger partial charge in [0, 0.05) is 12.1 Å². The van der Waals surface area contributed by atoms with Crippen molar-refractivity contribution in [3.63, 3.8) is 0 Å². The Morgan fingerprint density at radius 3 is 2.59 bits per heavy atom. The molecule has 17 heavy (non-hydrogen) atoms. The maximum Gasteiger partial charge on any atom is 0.0991 e. The quantitative estimate of drug-likeness (QED) is 0.736. The molecule has 0 N–H and O–H groups in total. The van der Waals surface area contributed by atoms with Crippen LogP contribution in [0.2, 0.25) is 0 Å². The molecule has 0 aromatic heterocycles. The summed E-state index contributed by atoms with van der Waals surface area (Å²) in [6.45, 7) is 0. The Morgan fingerprint density at radius 2 is 1.94 bits per heavy atom. The van der Waals surface area contributed by atoms with Crippen molar-refractivity contribution in [1.29, 1.82) is 5.26 Å². The average molecular weight is 226 g/mol. The smallest absolute Gasteiger partial charge is 0.0991 e. The first-order valence-electron chi connectivity index (χ1n) is 6.50. The van der Waals surface area contributed by atoms with Crippen LogP contribution in [0.15, 0.2) is 24.3 Å². The van der Waals surface area contributed by atoms with E-state index in [-0.39, 0.29) is 0 Å². The lowest BCUT2D eigenvalue weighted by Gasteiger charge is -2.36. The summed E-state index contributed by atoms with van der Waals surface area (Å²) < 4.78 is 0. The Morgan fingerprint density at radius 1 is 1.24 bits per heavy atom. The molecule has 0 spiro atoms. The Labute approximate surface area is 103 Å². The first kappa shape index (κ1) is 10.8. The summed E-state index contributed by atoms with van der Waals surface area (Å²) in [6, 6.07) is 12.0. The van der Waals surface area contributed by atoms with Gasteiger partial charge in [-0.15, -0.1) is 0 Å². The highest BCUT2D eigenvalue weighted by Gasteiger charge is 2.38. The molecule has 3 rings (SSSR count). The molecular formula is C15H18N2. The highest BCUT2D eigenvalue weighted by Crippen LogP contribution is 2.42. The van der Waals surface area contributed by atoms with Crippen molar-refractivity contribution in [3.05, 3.63) is 35.4 Å². The molecule has 0 unspecified atom stereocenters. The summed E-state index contributed by atoms with van der Waals surface area (Å²) in [5, 5.41) is 8.96. The van der Waals surface area contributed by atoms with Gasteiger partial charge in [0.25, 0.3) is 0 Å². The first-order chi connectivity index (χ1) is 8.28. The maximum absolute atomic E-state index is 8.96. The number of piperidine rings is 1. The molecule has 0 saturated carbocycles. The van der Waals surface area contributed by atoms with Crippen LogP contribution in [0.4, 0.5) is 0 Å². The van der Waals surface area contributed by atoms with Gasteiger partial charge in [-0.1, -0.05) is 12.1 Å². The molecule has 0 radical (unpaired) electrons. The van der Waals surface area contributed by atoms with Crippen LogP contribution in [-0.4, -0.2) is 24.0 Å². The molecule has 3 atom stereocenters. The fourth-order valence-corrected chi connectivity index (χ4v) is 3.55. The Bertz CT molecular complexity index is 446. The van der Waals surface area contributed by atoms with E-state index < -0.39 is 0 Å². The van der Waals surface area contributed by atoms with Crippen LogP contribution in [0.1, 0.15) is 42.7 Å². The number of benzene rings is 1. The van der Waals surface area contributed by atoms with Crippen LogP contribution in [0.25, 0.3) is 0 Å². The van der Waals surface area contributed by atoms with Crippen molar-refractivity contribution < 1.29 is 0 Å². The number of rotatable bonds is 1. The largest absolute Gasteiger partial charge is 0.300 e. The van der Waals surface area contributed by atoms with Gasteiger partial charge in [0.15, 0.2) is 0 Å². The summed E-state index contributed by atoms with van der Waals surface area (Å²) >= 11 is 0. The molecule has 2 aliphatic heterocycles. The topological polar surface area (TPSA) is 27.0 Å². The van der Waals surface area contributed by atoms with Crippen molar-refractivity contribution in [2.75, 3.05) is 7.05 Å². The highest BCUT2D eigenvalue weighted by molar-refractivity contribution is 5.35. The third kappa shape index (κ3) is 1.85. The number of fused-ring (bicyclic) bond motifs is 2. The first-order valence-corrected chi connectivity index (χ1v) is 6.50. The SMILES string of the molecule is CN1[C@@H]2CC[C@H]1C[C@@H](c1cccc(C#N)c1)C2. The van der Waals surface area contributed by atoms with E-state index in [0.717, 1.165) is 17.6 Å². The molecule has 1 aromatic carbocycles. The zero-order valence-corrected chi connectivity index (χ0v) is 10.3. The maximum atomic E-state index is 8.96. The summed E-state index contributed by atoms with van der Waals surface area (Å²) in [7, 11) is 2.27. The van der Waals surface area contributed by atoms with E-state index in [2.05, 4.69) is 30.1 Å². The lowest BCUT2D eigenvalue weighted by atomic mass is 9.85. The van der Waals surface area contributed by atoms with E-state index in [9.17, 15) is 0 Å². The Kier molecular flexibility index (Phi) is 2.64. The van der Waals surface area contributed by atoms with Crippen LogP contribution < -0.4 is 0 Å². The van der Waals surface area contributed by atoms with Gasteiger partial charge in [-0.25, -0.2) is 0 Å². The second-order valence-electron chi connectivity index (χ2n) is 5.46. The normalized spacial score (nSPS) is 32.4. The van der Waals surface area contributed by atoms with Gasteiger partial charge in [0.05, 0.1) is 11.6 Å². The molecule has 0 amide bonds. The van der Waals surface area contributed by atoms with Crippen LogP contribution in [0.5, 0.6) is 0 Å². The zero-order valence-electron chi connectivity index (χ0n) is 10.3. The van der Waals surface area contributed by atoms with Crippen molar-refractivity contribution in [2.24, 2.45) is 0 Å². The fraction of sp³-hybridized carbons (Fsp3) is 0.533. The summed E-state index contributed by atoms with van der Waals surface area (Å²) in [6.07, 6.45) is 5.25. The summed E-state index contributed by atoms with van der Waals surface area (Å²) in [5.74, 6) is 0.664. The molecule has 2 aliphatic rings. The minimum atomic E-state index is 0.664. The number of nitriles is 1. The van der Waals surface area contributed by atoms with Crippen molar-refractivity contribution in [1.82, 2.24) is 4.90 Å². The second-order valence-corrected chi connectivity index (χ2v) is 5.46. The van der Waals surface area contributed by atoms with E-state index in [4.69, 9.17) is 5.26 Å². The molecule has 0 aliphatic carbocycles. The predicted molar refractivity (Wildman–Crippen MR) is 67.7 cm³/mol. The summed E-state index contributed by atoms with van der Waals surface area (Å²) in [4.78, 5) is 2.56. The van der Waals surface area contributed by atoms with Crippen LogP contribution in [-0.2, 0) is 0 Å². The Hall–Kier alpha value is -1.33. The lowest BCUT2D eigenvalue weighted by Crippen LogP contribution is -2.39. The third-order valence-corrected chi connectivity index (χ3v) is 4.59. The molecule has 2 saturated heterocycles. The van der Waals surface area contributed by atoms with Gasteiger partial charge >= 0.3 is 0 Å². The van der Waals surface area contributed by atoms with Crippen molar-refractivity contribution in [3.8, 4) is 6.07 Å². The minimum absolute atomic E-state index is 0.664. The second kappa shape index (κ2) is 4.16. The number of hydrogen-bond donors (Lipinski definition) is 0. The van der Waals surface area contributed by atoms with Gasteiger partial charge < -0.3 is 4.90 Å². The van der Waals surface area contributed by atoms with Gasteiger partial charge in [0.2, 0.25) is 0 Å². The monoisotopic (exact) mass is 226 g/mol. The lowest BCUT2D eigenvalue weighted by molar-refractivity contribution is 0.161. The van der Waals surface area contributed by atoms with Crippen molar-refractivity contribution in [2.45, 2.75) is 43.7 Å². The van der Waals surface area contributed by atoms with E-state index >= 15 is 0 Å². The molecule has 2 heteroatoms. The summed E-state index contributed by atoms with van der Waals surface area (Å²) in [5.41, 5.74) is 2.17. The molecule has 2 heterocycles. The van der Waals surface area contributed by atoms with Gasteiger partial charge in [-0.2, -0.15) is 5.26 Å². The van der Waals surface area contributed by atoms with Crippen LogP contribution in [0, 0.1) is 11.3 Å². The highest BCUT2D eigenvalue weighted by atomic mass is 15.2. The molecule has 1 aromatic rings. The van der Waals surface area contributed by atoms with E-state index in [0.29, 0.717) is 5.92 Å².